The Hall–Kier alpha value is -1.14. The number of amides is 1. The number of ether oxygens (including phenoxy) is 1. The van der Waals surface area contributed by atoms with Crippen molar-refractivity contribution in [1.82, 2.24) is 4.90 Å². The van der Waals surface area contributed by atoms with Gasteiger partial charge in [-0.2, -0.15) is 0 Å². The average molecular weight is 242 g/mol. The predicted octanol–water partition coefficient (Wildman–Crippen LogP) is -0.430. The zero-order chi connectivity index (χ0) is 12.5. The van der Waals surface area contributed by atoms with E-state index in [2.05, 4.69) is 0 Å². The summed E-state index contributed by atoms with van der Waals surface area (Å²) in [5.41, 5.74) is 5.30. The van der Waals surface area contributed by atoms with E-state index in [-0.39, 0.29) is 19.1 Å². The van der Waals surface area contributed by atoms with E-state index in [4.69, 9.17) is 15.6 Å². The second kappa shape index (κ2) is 4.62. The summed E-state index contributed by atoms with van der Waals surface area (Å²) in [7, 11) is 0. The molecule has 2 rings (SSSR count). The van der Waals surface area contributed by atoms with E-state index in [0.717, 1.165) is 12.8 Å². The maximum absolute atomic E-state index is 12.2. The second-order valence-electron chi connectivity index (χ2n) is 4.81. The number of nitrogens with two attached hydrogens (primary N) is 1. The lowest BCUT2D eigenvalue weighted by Crippen LogP contribution is -2.58. The molecule has 6 nitrogen and oxygen atoms in total. The SMILES string of the molecule is NC1(C(=O)N2CCOC(C(=O)O)C2)CCCC1. The van der Waals surface area contributed by atoms with Crippen molar-refractivity contribution in [2.24, 2.45) is 5.73 Å². The molecule has 1 aliphatic carbocycles. The Labute approximate surface area is 99.7 Å². The Morgan fingerprint density at radius 1 is 1.35 bits per heavy atom. The average Bonchev–Trinajstić information content (AvgIpc) is 2.76. The van der Waals surface area contributed by atoms with Crippen molar-refractivity contribution in [3.8, 4) is 0 Å². The summed E-state index contributed by atoms with van der Waals surface area (Å²) in [6.07, 6.45) is 2.41. The first-order valence-electron chi connectivity index (χ1n) is 5.96. The minimum absolute atomic E-state index is 0.104. The van der Waals surface area contributed by atoms with Gasteiger partial charge in [-0.15, -0.1) is 0 Å². The molecule has 3 N–H and O–H groups in total. The summed E-state index contributed by atoms with van der Waals surface area (Å²) in [5, 5.41) is 8.87. The van der Waals surface area contributed by atoms with Gasteiger partial charge in [0, 0.05) is 6.54 Å². The number of carbonyl (C=O) groups is 2. The Morgan fingerprint density at radius 2 is 2.00 bits per heavy atom. The van der Waals surface area contributed by atoms with E-state index in [1.807, 2.05) is 0 Å². The molecule has 6 heteroatoms. The van der Waals surface area contributed by atoms with Crippen molar-refractivity contribution in [2.75, 3.05) is 19.7 Å². The molecule has 1 aliphatic heterocycles. The van der Waals surface area contributed by atoms with Crippen LogP contribution in [0.1, 0.15) is 25.7 Å². The van der Waals surface area contributed by atoms with Crippen LogP contribution in [0.15, 0.2) is 0 Å². The van der Waals surface area contributed by atoms with Gasteiger partial charge < -0.3 is 20.5 Å². The van der Waals surface area contributed by atoms with Gasteiger partial charge in [0.25, 0.3) is 0 Å². The van der Waals surface area contributed by atoms with Gasteiger partial charge in [0.05, 0.1) is 18.7 Å². The van der Waals surface area contributed by atoms with E-state index in [0.29, 0.717) is 19.4 Å². The molecule has 0 bridgehead atoms. The van der Waals surface area contributed by atoms with Crippen LogP contribution >= 0.6 is 0 Å². The number of hydrogen-bond acceptors (Lipinski definition) is 4. The van der Waals surface area contributed by atoms with Gasteiger partial charge in [-0.1, -0.05) is 12.8 Å². The van der Waals surface area contributed by atoms with Crippen LogP contribution < -0.4 is 5.73 Å². The Morgan fingerprint density at radius 3 is 2.59 bits per heavy atom. The first-order valence-corrected chi connectivity index (χ1v) is 5.96. The lowest BCUT2D eigenvalue weighted by Gasteiger charge is -2.36. The maximum atomic E-state index is 12.2. The summed E-state index contributed by atoms with van der Waals surface area (Å²) in [6.45, 7) is 0.799. The molecular formula is C11H18N2O4. The molecule has 0 radical (unpaired) electrons. The van der Waals surface area contributed by atoms with Crippen molar-refractivity contribution in [3.63, 3.8) is 0 Å². The van der Waals surface area contributed by atoms with Crippen LogP contribution in [0.4, 0.5) is 0 Å². The molecule has 1 atom stereocenters. The van der Waals surface area contributed by atoms with Gasteiger partial charge in [0.1, 0.15) is 0 Å². The number of carboxylic acids is 1. The molecule has 0 aromatic rings. The maximum Gasteiger partial charge on any atom is 0.334 e. The lowest BCUT2D eigenvalue weighted by molar-refractivity contribution is -0.161. The number of rotatable bonds is 2. The highest BCUT2D eigenvalue weighted by Gasteiger charge is 2.41. The topological polar surface area (TPSA) is 92.9 Å². The fraction of sp³-hybridized carbons (Fsp3) is 0.818. The molecular weight excluding hydrogens is 224 g/mol. The van der Waals surface area contributed by atoms with E-state index in [1.54, 1.807) is 0 Å². The number of nitrogens with zero attached hydrogens (tertiary/aromatic N) is 1. The second-order valence-corrected chi connectivity index (χ2v) is 4.81. The number of carbonyl (C=O) groups excluding carboxylic acids is 1. The minimum atomic E-state index is -1.03. The number of hydrogen-bond donors (Lipinski definition) is 2. The quantitative estimate of drug-likeness (QED) is 0.685. The van der Waals surface area contributed by atoms with Crippen LogP contribution in [0.3, 0.4) is 0 Å². The molecule has 2 fully saturated rings. The molecule has 0 spiro atoms. The smallest absolute Gasteiger partial charge is 0.334 e. The van der Waals surface area contributed by atoms with Gasteiger partial charge >= 0.3 is 5.97 Å². The fourth-order valence-electron chi connectivity index (χ4n) is 2.52. The third-order valence-electron chi connectivity index (χ3n) is 3.55. The van der Waals surface area contributed by atoms with Crippen molar-refractivity contribution in [1.29, 1.82) is 0 Å². The monoisotopic (exact) mass is 242 g/mol. The molecule has 1 saturated carbocycles. The van der Waals surface area contributed by atoms with Gasteiger partial charge in [0.15, 0.2) is 6.10 Å². The summed E-state index contributed by atoms with van der Waals surface area (Å²) in [4.78, 5) is 24.6. The number of morpholine rings is 1. The van der Waals surface area contributed by atoms with Gasteiger partial charge in [-0.25, -0.2) is 4.79 Å². The van der Waals surface area contributed by atoms with E-state index in [1.165, 1.54) is 4.90 Å². The summed E-state index contributed by atoms with van der Waals surface area (Å²) in [5.74, 6) is -1.15. The fourth-order valence-corrected chi connectivity index (χ4v) is 2.52. The molecule has 1 amide bonds. The lowest BCUT2D eigenvalue weighted by atomic mass is 9.96. The zero-order valence-corrected chi connectivity index (χ0v) is 9.72. The summed E-state index contributed by atoms with van der Waals surface area (Å²) >= 11 is 0. The standard InChI is InChI=1S/C11H18N2O4/c12-11(3-1-2-4-11)10(16)13-5-6-17-8(7-13)9(14)15/h8H,1-7,12H2,(H,14,15). The third-order valence-corrected chi connectivity index (χ3v) is 3.55. The normalized spacial score (nSPS) is 28.1. The van der Waals surface area contributed by atoms with Gasteiger partial charge in [-0.05, 0) is 12.8 Å². The minimum Gasteiger partial charge on any atom is -0.479 e. The summed E-state index contributed by atoms with van der Waals surface area (Å²) in [6, 6.07) is 0. The van der Waals surface area contributed by atoms with Crippen LogP contribution in [0.2, 0.25) is 0 Å². The van der Waals surface area contributed by atoms with Crippen LogP contribution in [0, 0.1) is 0 Å². The molecule has 1 unspecified atom stereocenters. The highest BCUT2D eigenvalue weighted by molar-refractivity contribution is 5.87. The van der Waals surface area contributed by atoms with E-state index < -0.39 is 17.6 Å². The molecule has 96 valence electrons. The van der Waals surface area contributed by atoms with Crippen LogP contribution in [0.25, 0.3) is 0 Å². The number of aliphatic carboxylic acids is 1. The van der Waals surface area contributed by atoms with Gasteiger partial charge in [-0.3, -0.25) is 4.79 Å². The Balaban J connectivity index is 2.01. The Bertz CT molecular complexity index is 325. The van der Waals surface area contributed by atoms with Crippen molar-refractivity contribution >= 4 is 11.9 Å². The molecule has 1 heterocycles. The summed E-state index contributed by atoms with van der Waals surface area (Å²) < 4.78 is 5.08. The Kier molecular flexibility index (Phi) is 3.35. The molecule has 0 aromatic heterocycles. The molecule has 17 heavy (non-hydrogen) atoms. The first kappa shape index (κ1) is 12.3. The van der Waals surface area contributed by atoms with E-state index >= 15 is 0 Å². The van der Waals surface area contributed by atoms with Gasteiger partial charge in [0.2, 0.25) is 5.91 Å². The molecule has 0 aromatic carbocycles. The highest BCUT2D eigenvalue weighted by Crippen LogP contribution is 2.29. The van der Waals surface area contributed by atoms with Crippen LogP contribution in [0.5, 0.6) is 0 Å². The number of carboxylic acid groups (broad SMARTS) is 1. The van der Waals surface area contributed by atoms with Crippen LogP contribution in [-0.2, 0) is 14.3 Å². The van der Waals surface area contributed by atoms with Crippen molar-refractivity contribution in [3.05, 3.63) is 0 Å². The van der Waals surface area contributed by atoms with Crippen molar-refractivity contribution in [2.45, 2.75) is 37.3 Å². The van der Waals surface area contributed by atoms with Crippen LogP contribution in [-0.4, -0.2) is 53.2 Å². The molecule has 2 aliphatic rings. The highest BCUT2D eigenvalue weighted by atomic mass is 16.5. The zero-order valence-electron chi connectivity index (χ0n) is 9.72. The molecule has 1 saturated heterocycles. The van der Waals surface area contributed by atoms with E-state index in [9.17, 15) is 9.59 Å². The largest absolute Gasteiger partial charge is 0.479 e. The third kappa shape index (κ3) is 2.42. The first-order chi connectivity index (χ1) is 8.03. The predicted molar refractivity (Wildman–Crippen MR) is 59.3 cm³/mol. The van der Waals surface area contributed by atoms with Crippen molar-refractivity contribution < 1.29 is 19.4 Å².